The maximum atomic E-state index is 11.8. The summed E-state index contributed by atoms with van der Waals surface area (Å²) >= 11 is 0. The number of hydrogen-bond donors (Lipinski definition) is 2. The first-order valence-electron chi connectivity index (χ1n) is 12.1. The van der Waals surface area contributed by atoms with Crippen molar-refractivity contribution < 1.29 is 14.7 Å². The van der Waals surface area contributed by atoms with Gasteiger partial charge in [-0.25, -0.2) is 0 Å². The lowest BCUT2D eigenvalue weighted by Gasteiger charge is -2.19. The van der Waals surface area contributed by atoms with Crippen molar-refractivity contribution in [2.75, 3.05) is 20.6 Å². The molecule has 0 radical (unpaired) electrons. The molecule has 0 saturated carbocycles. The number of likely N-dealkylation sites (N-methyl/N-ethyl adjacent to an activating group) is 1. The van der Waals surface area contributed by atoms with Crippen LogP contribution >= 0.6 is 0 Å². The second-order valence-electron chi connectivity index (χ2n) is 8.66. The average Bonchev–Trinajstić information content (AvgIpc) is 2.67. The number of aliphatic carboxylic acids is 1. The van der Waals surface area contributed by atoms with Crippen molar-refractivity contribution in [3.8, 4) is 0 Å². The van der Waals surface area contributed by atoms with Crippen LogP contribution in [0.5, 0.6) is 0 Å². The number of hydrogen-bond acceptors (Lipinski definition) is 3. The molecule has 0 unspecified atom stereocenters. The lowest BCUT2D eigenvalue weighted by Crippen LogP contribution is -2.35. The normalized spacial score (nSPS) is 12.3. The Kier molecular flexibility index (Phi) is 19.4. The van der Waals surface area contributed by atoms with E-state index in [2.05, 4.69) is 12.2 Å². The van der Waals surface area contributed by atoms with E-state index >= 15 is 0 Å². The Hall–Kier alpha value is -1.10. The SMILES string of the molecule is CCCCCCCCCCCCCCCC(=O)NCCCC[C@H](C(=O)O)N(C)C. The van der Waals surface area contributed by atoms with Crippen molar-refractivity contribution in [3.05, 3.63) is 0 Å². The third-order valence-corrected chi connectivity index (χ3v) is 5.64. The monoisotopic (exact) mass is 412 g/mol. The van der Waals surface area contributed by atoms with Gasteiger partial charge in [-0.1, -0.05) is 84.0 Å². The number of nitrogens with zero attached hydrogens (tertiary/aromatic N) is 1. The summed E-state index contributed by atoms with van der Waals surface area (Å²) in [5.41, 5.74) is 0. The van der Waals surface area contributed by atoms with Crippen LogP contribution < -0.4 is 5.32 Å². The molecule has 0 rings (SSSR count). The standard InChI is InChI=1S/C24H48N2O3/c1-4-5-6-7-8-9-10-11-12-13-14-15-16-20-23(27)25-21-18-17-19-22(24(28)29)26(2)3/h22H,4-21H2,1-3H3,(H,25,27)(H,28,29)/t22-/m1/s1. The van der Waals surface area contributed by atoms with Crippen LogP contribution in [0.25, 0.3) is 0 Å². The van der Waals surface area contributed by atoms with E-state index in [1.54, 1.807) is 19.0 Å². The van der Waals surface area contributed by atoms with Crippen LogP contribution in [0.15, 0.2) is 0 Å². The van der Waals surface area contributed by atoms with Crippen LogP contribution in [0.2, 0.25) is 0 Å². The molecule has 0 aromatic carbocycles. The minimum absolute atomic E-state index is 0.135. The molecule has 0 aromatic heterocycles. The topological polar surface area (TPSA) is 69.6 Å². The Balaban J connectivity index is 3.35. The van der Waals surface area contributed by atoms with Crippen LogP contribution in [0.4, 0.5) is 0 Å². The van der Waals surface area contributed by atoms with Crippen molar-refractivity contribution in [1.29, 1.82) is 0 Å². The second kappa shape index (κ2) is 20.2. The molecule has 0 aliphatic heterocycles. The number of carbonyl (C=O) groups excluding carboxylic acids is 1. The van der Waals surface area contributed by atoms with Gasteiger partial charge in [0.05, 0.1) is 0 Å². The molecular weight excluding hydrogens is 364 g/mol. The van der Waals surface area contributed by atoms with E-state index in [-0.39, 0.29) is 5.91 Å². The fourth-order valence-electron chi connectivity index (χ4n) is 3.68. The molecule has 1 atom stereocenters. The minimum atomic E-state index is -0.776. The van der Waals surface area contributed by atoms with E-state index in [1.165, 1.54) is 70.6 Å². The average molecular weight is 413 g/mol. The predicted molar refractivity (Wildman–Crippen MR) is 122 cm³/mol. The second-order valence-corrected chi connectivity index (χ2v) is 8.66. The Morgan fingerprint density at radius 3 is 1.69 bits per heavy atom. The first kappa shape index (κ1) is 27.9. The quantitative estimate of drug-likeness (QED) is 0.235. The van der Waals surface area contributed by atoms with Crippen LogP contribution in [0.3, 0.4) is 0 Å². The molecule has 0 heterocycles. The van der Waals surface area contributed by atoms with Crippen molar-refractivity contribution in [3.63, 3.8) is 0 Å². The van der Waals surface area contributed by atoms with E-state index in [0.29, 0.717) is 19.4 Å². The van der Waals surface area contributed by atoms with Gasteiger partial charge < -0.3 is 10.4 Å². The first-order valence-corrected chi connectivity index (χ1v) is 12.1. The largest absolute Gasteiger partial charge is 0.480 e. The first-order chi connectivity index (χ1) is 14.0. The van der Waals surface area contributed by atoms with Crippen molar-refractivity contribution in [2.24, 2.45) is 0 Å². The number of amides is 1. The zero-order chi connectivity index (χ0) is 21.7. The lowest BCUT2D eigenvalue weighted by atomic mass is 10.0. The molecule has 0 fully saturated rings. The van der Waals surface area contributed by atoms with E-state index in [1.807, 2.05) is 0 Å². The fourth-order valence-corrected chi connectivity index (χ4v) is 3.68. The maximum Gasteiger partial charge on any atom is 0.320 e. The number of unbranched alkanes of at least 4 members (excludes halogenated alkanes) is 13. The highest BCUT2D eigenvalue weighted by Gasteiger charge is 2.18. The molecule has 0 bridgehead atoms. The minimum Gasteiger partial charge on any atom is -0.480 e. The van der Waals surface area contributed by atoms with Gasteiger partial charge in [-0.15, -0.1) is 0 Å². The van der Waals surface area contributed by atoms with E-state index < -0.39 is 12.0 Å². The Labute approximate surface area is 180 Å². The molecule has 0 aliphatic rings. The molecule has 0 saturated heterocycles. The number of carboxylic acid groups (broad SMARTS) is 1. The summed E-state index contributed by atoms with van der Waals surface area (Å²) in [6.45, 7) is 2.91. The van der Waals surface area contributed by atoms with Crippen molar-refractivity contribution in [1.82, 2.24) is 10.2 Å². The van der Waals surface area contributed by atoms with Gasteiger partial charge in [-0.3, -0.25) is 14.5 Å². The van der Waals surface area contributed by atoms with Gasteiger partial charge in [0.15, 0.2) is 0 Å². The summed E-state index contributed by atoms with van der Waals surface area (Å²) in [6.07, 6.45) is 20.0. The Bertz CT molecular complexity index is 400. The number of nitrogens with one attached hydrogen (secondary N) is 1. The maximum absolute atomic E-state index is 11.8. The summed E-state index contributed by atoms with van der Waals surface area (Å²) < 4.78 is 0. The van der Waals surface area contributed by atoms with Crippen LogP contribution in [-0.4, -0.2) is 48.6 Å². The molecule has 0 spiro atoms. The lowest BCUT2D eigenvalue weighted by molar-refractivity contribution is -0.142. The van der Waals surface area contributed by atoms with Gasteiger partial charge in [0.1, 0.15) is 6.04 Å². The zero-order valence-electron chi connectivity index (χ0n) is 19.5. The molecule has 0 aromatic rings. The Morgan fingerprint density at radius 1 is 0.759 bits per heavy atom. The van der Waals surface area contributed by atoms with Gasteiger partial charge in [0.25, 0.3) is 0 Å². The summed E-state index contributed by atoms with van der Waals surface area (Å²) in [5.74, 6) is -0.642. The number of rotatable bonds is 21. The van der Waals surface area contributed by atoms with Gasteiger partial charge in [-0.2, -0.15) is 0 Å². The van der Waals surface area contributed by atoms with Crippen LogP contribution in [0.1, 0.15) is 116 Å². The predicted octanol–water partition coefficient (Wildman–Crippen LogP) is 5.77. The Morgan fingerprint density at radius 2 is 1.24 bits per heavy atom. The van der Waals surface area contributed by atoms with E-state index in [9.17, 15) is 9.59 Å². The molecular formula is C24H48N2O3. The highest BCUT2D eigenvalue weighted by Crippen LogP contribution is 2.13. The zero-order valence-corrected chi connectivity index (χ0v) is 19.5. The van der Waals surface area contributed by atoms with Crippen molar-refractivity contribution in [2.45, 2.75) is 122 Å². The highest BCUT2D eigenvalue weighted by molar-refractivity contribution is 5.75. The smallest absolute Gasteiger partial charge is 0.320 e. The molecule has 172 valence electrons. The van der Waals surface area contributed by atoms with Crippen molar-refractivity contribution >= 4 is 11.9 Å². The molecule has 29 heavy (non-hydrogen) atoms. The highest BCUT2D eigenvalue weighted by atomic mass is 16.4. The van der Waals surface area contributed by atoms with Gasteiger partial charge in [-0.05, 0) is 39.8 Å². The van der Waals surface area contributed by atoms with E-state index in [0.717, 1.165) is 25.7 Å². The molecule has 1 amide bonds. The summed E-state index contributed by atoms with van der Waals surface area (Å²) in [6, 6.07) is -0.434. The van der Waals surface area contributed by atoms with Crippen LogP contribution in [-0.2, 0) is 9.59 Å². The number of carboxylic acids is 1. The molecule has 5 nitrogen and oxygen atoms in total. The summed E-state index contributed by atoms with van der Waals surface area (Å²) in [4.78, 5) is 24.7. The van der Waals surface area contributed by atoms with E-state index in [4.69, 9.17) is 5.11 Å². The van der Waals surface area contributed by atoms with Gasteiger partial charge in [0, 0.05) is 13.0 Å². The molecule has 0 aliphatic carbocycles. The van der Waals surface area contributed by atoms with Gasteiger partial charge in [0.2, 0.25) is 5.91 Å². The third-order valence-electron chi connectivity index (χ3n) is 5.64. The van der Waals surface area contributed by atoms with Crippen LogP contribution in [0, 0.1) is 0 Å². The third kappa shape index (κ3) is 18.7. The summed E-state index contributed by atoms with van der Waals surface area (Å²) in [7, 11) is 3.58. The number of carbonyl (C=O) groups is 2. The van der Waals surface area contributed by atoms with Gasteiger partial charge >= 0.3 is 5.97 Å². The summed E-state index contributed by atoms with van der Waals surface area (Å²) in [5, 5.41) is 12.1. The molecule has 2 N–H and O–H groups in total. The fraction of sp³-hybridized carbons (Fsp3) is 0.917. The molecule has 5 heteroatoms.